The Balaban J connectivity index is 2.49. The van der Waals surface area contributed by atoms with Gasteiger partial charge in [0, 0.05) is 0 Å². The molecule has 0 aromatic heterocycles. The molecular weight excluding hydrogens is 212 g/mol. The average molecular weight is 230 g/mol. The molecule has 17 heavy (non-hydrogen) atoms. The Morgan fingerprint density at radius 3 is 2.59 bits per heavy atom. The first kappa shape index (κ1) is 13.2. The summed E-state index contributed by atoms with van der Waals surface area (Å²) in [7, 11) is 0. The molecule has 2 nitrogen and oxygen atoms in total. The minimum atomic E-state index is -0.356. The summed E-state index contributed by atoms with van der Waals surface area (Å²) in [5, 5.41) is 0. The smallest absolute Gasteiger partial charge is 0.337 e. The van der Waals surface area contributed by atoms with E-state index in [1.54, 1.807) is 6.08 Å². The fourth-order valence-corrected chi connectivity index (χ4v) is 1.16. The zero-order chi connectivity index (χ0) is 12.7. The third-order valence-electron chi connectivity index (χ3n) is 2.09. The molecule has 1 aromatic rings. The third kappa shape index (κ3) is 5.16. The van der Waals surface area contributed by atoms with Crippen molar-refractivity contribution in [3.63, 3.8) is 0 Å². The largest absolute Gasteiger partial charge is 0.462 e. The van der Waals surface area contributed by atoms with Crippen LogP contribution in [0, 0.1) is 5.92 Å². The van der Waals surface area contributed by atoms with E-state index in [1.165, 1.54) is 0 Å². The maximum atomic E-state index is 11.5. The molecule has 2 heteroatoms. The molecule has 90 valence electrons. The highest BCUT2D eigenvalue weighted by atomic mass is 16.5. The molecule has 1 rings (SSSR count). The molecular formula is C15H18O2. The lowest BCUT2D eigenvalue weighted by molar-refractivity contribution is -0.139. The van der Waals surface area contributed by atoms with Crippen LogP contribution < -0.4 is 0 Å². The standard InChI is InChI=1S/C15H18O2/c1-12(2)11-17-15(16)13(3)9-10-14-7-5-4-6-8-14/h4-10,12H,3,11H2,1-2H3. The Kier molecular flexibility index (Phi) is 5.21. The van der Waals surface area contributed by atoms with E-state index in [1.807, 2.05) is 50.3 Å². The van der Waals surface area contributed by atoms with E-state index in [-0.39, 0.29) is 5.97 Å². The second-order valence-corrected chi connectivity index (χ2v) is 4.26. The van der Waals surface area contributed by atoms with Crippen molar-refractivity contribution in [2.75, 3.05) is 6.61 Å². The van der Waals surface area contributed by atoms with Crippen molar-refractivity contribution in [1.82, 2.24) is 0 Å². The highest BCUT2D eigenvalue weighted by Gasteiger charge is 2.05. The van der Waals surface area contributed by atoms with Crippen LogP contribution in [0.2, 0.25) is 0 Å². The van der Waals surface area contributed by atoms with Gasteiger partial charge in [0.05, 0.1) is 12.2 Å². The fourth-order valence-electron chi connectivity index (χ4n) is 1.16. The number of rotatable bonds is 5. The molecule has 0 amide bonds. The first-order valence-corrected chi connectivity index (χ1v) is 5.68. The van der Waals surface area contributed by atoms with Crippen molar-refractivity contribution in [3.05, 3.63) is 54.1 Å². The maximum Gasteiger partial charge on any atom is 0.337 e. The Labute approximate surface area is 103 Å². The molecule has 0 fully saturated rings. The van der Waals surface area contributed by atoms with Crippen LogP contribution in [0.3, 0.4) is 0 Å². The fraction of sp³-hybridized carbons (Fsp3) is 0.267. The lowest BCUT2D eigenvalue weighted by Crippen LogP contribution is -2.10. The number of carbonyl (C=O) groups excluding carboxylic acids is 1. The van der Waals surface area contributed by atoms with E-state index in [0.717, 1.165) is 5.56 Å². The van der Waals surface area contributed by atoms with Crippen molar-refractivity contribution in [2.24, 2.45) is 5.92 Å². The van der Waals surface area contributed by atoms with Crippen LogP contribution in [0.4, 0.5) is 0 Å². The average Bonchev–Trinajstić information content (AvgIpc) is 2.34. The molecule has 0 N–H and O–H groups in total. The quantitative estimate of drug-likeness (QED) is 0.440. The Morgan fingerprint density at radius 2 is 2.00 bits per heavy atom. The Bertz CT molecular complexity index is 402. The SMILES string of the molecule is C=C(C=Cc1ccccc1)C(=O)OCC(C)C. The second kappa shape index (κ2) is 6.69. The van der Waals surface area contributed by atoms with Crippen LogP contribution in [0.25, 0.3) is 6.08 Å². The van der Waals surface area contributed by atoms with Crippen molar-refractivity contribution in [2.45, 2.75) is 13.8 Å². The topological polar surface area (TPSA) is 26.3 Å². The molecule has 0 unspecified atom stereocenters. The van der Waals surface area contributed by atoms with E-state index in [4.69, 9.17) is 4.74 Å². The summed E-state index contributed by atoms with van der Waals surface area (Å²) >= 11 is 0. The Morgan fingerprint density at radius 1 is 1.35 bits per heavy atom. The monoisotopic (exact) mass is 230 g/mol. The molecule has 0 heterocycles. The third-order valence-corrected chi connectivity index (χ3v) is 2.09. The van der Waals surface area contributed by atoms with Crippen LogP contribution in [0.1, 0.15) is 19.4 Å². The van der Waals surface area contributed by atoms with Crippen LogP contribution in [-0.4, -0.2) is 12.6 Å². The molecule has 0 aliphatic carbocycles. The van der Waals surface area contributed by atoms with Gasteiger partial charge in [-0.2, -0.15) is 0 Å². The van der Waals surface area contributed by atoms with E-state index in [2.05, 4.69) is 6.58 Å². The number of hydrogen-bond acceptors (Lipinski definition) is 2. The van der Waals surface area contributed by atoms with Crippen molar-refractivity contribution < 1.29 is 9.53 Å². The zero-order valence-corrected chi connectivity index (χ0v) is 10.3. The van der Waals surface area contributed by atoms with Gasteiger partial charge in [-0.3, -0.25) is 0 Å². The molecule has 0 radical (unpaired) electrons. The second-order valence-electron chi connectivity index (χ2n) is 4.26. The molecule has 1 aromatic carbocycles. The van der Waals surface area contributed by atoms with Crippen LogP contribution >= 0.6 is 0 Å². The Hall–Kier alpha value is -1.83. The lowest BCUT2D eigenvalue weighted by Gasteiger charge is -2.06. The molecule has 0 atom stereocenters. The summed E-state index contributed by atoms with van der Waals surface area (Å²) in [6.45, 7) is 8.11. The molecule has 0 saturated heterocycles. The number of hydrogen-bond donors (Lipinski definition) is 0. The lowest BCUT2D eigenvalue weighted by atomic mass is 10.2. The van der Waals surface area contributed by atoms with E-state index < -0.39 is 0 Å². The summed E-state index contributed by atoms with van der Waals surface area (Å²) < 4.78 is 5.06. The van der Waals surface area contributed by atoms with E-state index in [0.29, 0.717) is 18.1 Å². The number of benzene rings is 1. The van der Waals surface area contributed by atoms with Crippen molar-refractivity contribution >= 4 is 12.0 Å². The minimum Gasteiger partial charge on any atom is -0.462 e. The van der Waals surface area contributed by atoms with Gasteiger partial charge in [0.25, 0.3) is 0 Å². The number of ether oxygens (including phenoxy) is 1. The summed E-state index contributed by atoms with van der Waals surface area (Å²) in [5.74, 6) is -0.0178. The molecule has 0 bridgehead atoms. The molecule has 0 aliphatic heterocycles. The minimum absolute atomic E-state index is 0.338. The molecule has 0 saturated carbocycles. The van der Waals surface area contributed by atoms with Crippen LogP contribution in [0.5, 0.6) is 0 Å². The normalized spacial score (nSPS) is 10.8. The first-order valence-electron chi connectivity index (χ1n) is 5.68. The van der Waals surface area contributed by atoms with Gasteiger partial charge >= 0.3 is 5.97 Å². The van der Waals surface area contributed by atoms with Gasteiger partial charge in [-0.05, 0) is 17.6 Å². The summed E-state index contributed by atoms with van der Waals surface area (Å²) in [6, 6.07) is 9.76. The van der Waals surface area contributed by atoms with Gasteiger partial charge in [0.2, 0.25) is 0 Å². The van der Waals surface area contributed by atoms with E-state index in [9.17, 15) is 4.79 Å². The number of carbonyl (C=O) groups is 1. The van der Waals surface area contributed by atoms with Gasteiger partial charge in [-0.1, -0.05) is 56.8 Å². The van der Waals surface area contributed by atoms with Crippen LogP contribution in [0.15, 0.2) is 48.6 Å². The van der Waals surface area contributed by atoms with Gasteiger partial charge in [-0.15, -0.1) is 0 Å². The van der Waals surface area contributed by atoms with E-state index >= 15 is 0 Å². The predicted molar refractivity (Wildman–Crippen MR) is 70.4 cm³/mol. The number of esters is 1. The van der Waals surface area contributed by atoms with Gasteiger partial charge in [-0.25, -0.2) is 4.79 Å². The van der Waals surface area contributed by atoms with Gasteiger partial charge in [0.1, 0.15) is 0 Å². The molecule has 0 aliphatic rings. The maximum absolute atomic E-state index is 11.5. The summed E-state index contributed by atoms with van der Waals surface area (Å²) in [5.41, 5.74) is 1.40. The predicted octanol–water partition coefficient (Wildman–Crippen LogP) is 3.46. The summed E-state index contributed by atoms with van der Waals surface area (Å²) in [6.07, 6.45) is 3.52. The highest BCUT2D eigenvalue weighted by Crippen LogP contribution is 2.06. The van der Waals surface area contributed by atoms with Crippen LogP contribution in [-0.2, 0) is 9.53 Å². The summed E-state index contributed by atoms with van der Waals surface area (Å²) in [4.78, 5) is 11.5. The zero-order valence-electron chi connectivity index (χ0n) is 10.3. The highest BCUT2D eigenvalue weighted by molar-refractivity contribution is 5.92. The first-order chi connectivity index (χ1) is 8.09. The van der Waals surface area contributed by atoms with Crippen molar-refractivity contribution in [3.8, 4) is 0 Å². The molecule has 0 spiro atoms. The van der Waals surface area contributed by atoms with Crippen molar-refractivity contribution in [1.29, 1.82) is 0 Å². The van der Waals surface area contributed by atoms with Gasteiger partial charge < -0.3 is 4.74 Å². The van der Waals surface area contributed by atoms with Gasteiger partial charge in [0.15, 0.2) is 0 Å².